The molecule has 1 amide bonds. The number of anilines is 2. The molecule has 180 valence electrons. The monoisotopic (exact) mass is 464 g/mol. The number of aryl methyl sites for hydroxylation is 2. The quantitative estimate of drug-likeness (QED) is 0.519. The second kappa shape index (κ2) is 9.97. The van der Waals surface area contributed by atoms with Crippen molar-refractivity contribution >= 4 is 28.3 Å². The maximum Gasteiger partial charge on any atom is 0.229 e. The molecular weight excluding hydrogens is 432 g/mol. The molecule has 2 heterocycles. The summed E-state index contributed by atoms with van der Waals surface area (Å²) in [6, 6.07) is 8.16. The van der Waals surface area contributed by atoms with Gasteiger partial charge < -0.3 is 28.8 Å². The number of fused-ring (bicyclic) bond motifs is 2. The van der Waals surface area contributed by atoms with E-state index in [2.05, 4.69) is 22.3 Å². The van der Waals surface area contributed by atoms with E-state index in [0.29, 0.717) is 37.9 Å². The zero-order valence-corrected chi connectivity index (χ0v) is 19.9. The highest BCUT2D eigenvalue weighted by molar-refractivity contribution is 5.97. The fourth-order valence-corrected chi connectivity index (χ4v) is 4.90. The number of nitrogens with one attached hydrogen (secondary N) is 1. The molecule has 7 heteroatoms. The molecule has 2 aromatic carbocycles. The van der Waals surface area contributed by atoms with Crippen LogP contribution in [0.2, 0.25) is 0 Å². The molecule has 2 aliphatic rings. The predicted octanol–water partition coefficient (Wildman–Crippen LogP) is 4.74. The molecule has 0 atom stereocenters. The minimum atomic E-state index is -0.120. The van der Waals surface area contributed by atoms with E-state index in [1.165, 1.54) is 17.5 Å². The molecule has 0 radical (unpaired) electrons. The number of amides is 1. The van der Waals surface area contributed by atoms with Gasteiger partial charge in [-0.05, 0) is 56.4 Å². The van der Waals surface area contributed by atoms with Crippen LogP contribution in [-0.2, 0) is 28.8 Å². The number of carbonyl (C=O) groups excluding carboxylic acids is 1. The van der Waals surface area contributed by atoms with Gasteiger partial charge in [0.15, 0.2) is 0 Å². The Balaban J connectivity index is 1.40. The van der Waals surface area contributed by atoms with Crippen LogP contribution in [0.5, 0.6) is 11.5 Å². The standard InChI is InChI=1S/C27H32N2O5/c1-3-32-25-16-23(29-8-10-31-11-9-29)26(33-4-2)15-22(25)28-27(30)14-20-17-34-24-13-19-7-5-6-18(19)12-21(20)24/h12-13,15-17H,3-11,14H2,1-2H3,(H,28,30). The number of nitrogens with zero attached hydrogens (tertiary/aromatic N) is 1. The first-order valence-corrected chi connectivity index (χ1v) is 12.2. The van der Waals surface area contributed by atoms with Gasteiger partial charge >= 0.3 is 0 Å². The number of hydrogen-bond acceptors (Lipinski definition) is 6. The van der Waals surface area contributed by atoms with Crippen LogP contribution in [0.4, 0.5) is 11.4 Å². The summed E-state index contributed by atoms with van der Waals surface area (Å²) in [5, 5.41) is 4.08. The molecule has 1 fully saturated rings. The summed E-state index contributed by atoms with van der Waals surface area (Å²) in [6.45, 7) is 7.85. The summed E-state index contributed by atoms with van der Waals surface area (Å²) in [7, 11) is 0. The summed E-state index contributed by atoms with van der Waals surface area (Å²) in [5.74, 6) is 1.24. The molecule has 34 heavy (non-hydrogen) atoms. The van der Waals surface area contributed by atoms with E-state index in [4.69, 9.17) is 18.6 Å². The lowest BCUT2D eigenvalue weighted by atomic mass is 10.0. The van der Waals surface area contributed by atoms with Crippen LogP contribution in [0, 0.1) is 0 Å². The van der Waals surface area contributed by atoms with Crippen LogP contribution in [0.1, 0.15) is 37.0 Å². The highest BCUT2D eigenvalue weighted by atomic mass is 16.5. The number of benzene rings is 2. The Morgan fingerprint density at radius 3 is 2.50 bits per heavy atom. The molecule has 0 saturated carbocycles. The first-order chi connectivity index (χ1) is 16.7. The second-order valence-electron chi connectivity index (χ2n) is 8.74. The summed E-state index contributed by atoms with van der Waals surface area (Å²) < 4.78 is 23.1. The molecule has 1 saturated heterocycles. The molecule has 1 aromatic heterocycles. The predicted molar refractivity (Wildman–Crippen MR) is 132 cm³/mol. The highest BCUT2D eigenvalue weighted by Gasteiger charge is 2.21. The minimum Gasteiger partial charge on any atom is -0.492 e. The number of hydrogen-bond donors (Lipinski definition) is 1. The molecule has 0 bridgehead atoms. The molecule has 3 aromatic rings. The van der Waals surface area contributed by atoms with E-state index in [9.17, 15) is 4.79 Å². The van der Waals surface area contributed by atoms with Gasteiger partial charge in [0.25, 0.3) is 0 Å². The summed E-state index contributed by atoms with van der Waals surface area (Å²) in [6.07, 6.45) is 5.31. The fourth-order valence-electron chi connectivity index (χ4n) is 4.90. The minimum absolute atomic E-state index is 0.120. The van der Waals surface area contributed by atoms with Crippen molar-refractivity contribution in [1.29, 1.82) is 0 Å². The van der Waals surface area contributed by atoms with Crippen LogP contribution < -0.4 is 19.7 Å². The zero-order chi connectivity index (χ0) is 23.5. The lowest BCUT2D eigenvalue weighted by Gasteiger charge is -2.31. The van der Waals surface area contributed by atoms with E-state index >= 15 is 0 Å². The average molecular weight is 465 g/mol. The van der Waals surface area contributed by atoms with Crippen molar-refractivity contribution in [3.63, 3.8) is 0 Å². The van der Waals surface area contributed by atoms with Crippen LogP contribution in [0.15, 0.2) is 34.9 Å². The van der Waals surface area contributed by atoms with Crippen molar-refractivity contribution in [2.45, 2.75) is 39.5 Å². The normalized spacial score (nSPS) is 15.4. The topological polar surface area (TPSA) is 73.2 Å². The molecule has 7 nitrogen and oxygen atoms in total. The fraction of sp³-hybridized carbons (Fsp3) is 0.444. The third-order valence-corrected chi connectivity index (χ3v) is 6.51. The van der Waals surface area contributed by atoms with Crippen molar-refractivity contribution in [3.05, 3.63) is 47.2 Å². The summed E-state index contributed by atoms with van der Waals surface area (Å²) >= 11 is 0. The Kier molecular flexibility index (Phi) is 6.63. The summed E-state index contributed by atoms with van der Waals surface area (Å²) in [5.41, 5.74) is 6.06. The third kappa shape index (κ3) is 4.57. The summed E-state index contributed by atoms with van der Waals surface area (Å²) in [4.78, 5) is 15.3. The Labute approximate surface area is 200 Å². The number of ether oxygens (including phenoxy) is 3. The Morgan fingerprint density at radius 1 is 1.00 bits per heavy atom. The molecule has 1 N–H and O–H groups in total. The molecule has 0 unspecified atom stereocenters. The molecule has 0 spiro atoms. The van der Waals surface area contributed by atoms with E-state index in [1.807, 2.05) is 26.0 Å². The smallest absolute Gasteiger partial charge is 0.229 e. The van der Waals surface area contributed by atoms with Gasteiger partial charge in [-0.15, -0.1) is 0 Å². The first kappa shape index (κ1) is 22.6. The van der Waals surface area contributed by atoms with Gasteiger partial charge in [-0.1, -0.05) is 0 Å². The van der Waals surface area contributed by atoms with Gasteiger partial charge in [0.1, 0.15) is 17.1 Å². The van der Waals surface area contributed by atoms with Gasteiger partial charge in [-0.3, -0.25) is 4.79 Å². The number of rotatable bonds is 8. The van der Waals surface area contributed by atoms with E-state index in [1.54, 1.807) is 6.26 Å². The third-order valence-electron chi connectivity index (χ3n) is 6.51. The lowest BCUT2D eigenvalue weighted by Crippen LogP contribution is -2.36. The average Bonchev–Trinajstić information content (AvgIpc) is 3.46. The van der Waals surface area contributed by atoms with Crippen LogP contribution in [0.25, 0.3) is 11.0 Å². The van der Waals surface area contributed by atoms with Crippen molar-refractivity contribution in [2.24, 2.45) is 0 Å². The largest absolute Gasteiger partial charge is 0.492 e. The van der Waals surface area contributed by atoms with Gasteiger partial charge in [-0.2, -0.15) is 0 Å². The van der Waals surface area contributed by atoms with Crippen LogP contribution in [0.3, 0.4) is 0 Å². The lowest BCUT2D eigenvalue weighted by molar-refractivity contribution is -0.115. The van der Waals surface area contributed by atoms with E-state index < -0.39 is 0 Å². The molecule has 1 aliphatic heterocycles. The van der Waals surface area contributed by atoms with Crippen molar-refractivity contribution < 1.29 is 23.4 Å². The Bertz CT molecular complexity index is 1180. The van der Waals surface area contributed by atoms with Gasteiger partial charge in [-0.25, -0.2) is 0 Å². The second-order valence-corrected chi connectivity index (χ2v) is 8.74. The number of morpholine rings is 1. The number of furan rings is 1. The van der Waals surface area contributed by atoms with Crippen molar-refractivity contribution in [2.75, 3.05) is 49.7 Å². The molecule has 5 rings (SSSR count). The van der Waals surface area contributed by atoms with Crippen LogP contribution >= 0.6 is 0 Å². The van der Waals surface area contributed by atoms with Gasteiger partial charge in [0.05, 0.1) is 50.5 Å². The molecule has 1 aliphatic carbocycles. The van der Waals surface area contributed by atoms with E-state index in [-0.39, 0.29) is 12.3 Å². The van der Waals surface area contributed by atoms with Gasteiger partial charge in [0.2, 0.25) is 5.91 Å². The number of carbonyl (C=O) groups is 1. The molecular formula is C27H32N2O5. The highest BCUT2D eigenvalue weighted by Crippen LogP contribution is 2.39. The maximum atomic E-state index is 13.1. The van der Waals surface area contributed by atoms with Crippen LogP contribution in [-0.4, -0.2) is 45.4 Å². The van der Waals surface area contributed by atoms with Crippen molar-refractivity contribution in [3.8, 4) is 11.5 Å². The van der Waals surface area contributed by atoms with Crippen molar-refractivity contribution in [1.82, 2.24) is 0 Å². The SMILES string of the molecule is CCOc1cc(N2CCOCC2)c(OCC)cc1NC(=O)Cc1coc2cc3c(cc12)CCC3. The first-order valence-electron chi connectivity index (χ1n) is 12.2. The Hall–Kier alpha value is -3.19. The zero-order valence-electron chi connectivity index (χ0n) is 19.9. The van der Waals surface area contributed by atoms with Gasteiger partial charge in [0, 0.05) is 36.2 Å². The van der Waals surface area contributed by atoms with E-state index in [0.717, 1.165) is 53.9 Å². The maximum absolute atomic E-state index is 13.1. The Morgan fingerprint density at radius 2 is 1.74 bits per heavy atom.